The predicted molar refractivity (Wildman–Crippen MR) is 54.8 cm³/mol. The highest BCUT2D eigenvalue weighted by molar-refractivity contribution is 6.50. The zero-order valence-electron chi connectivity index (χ0n) is 8.93. The second-order valence-electron chi connectivity index (χ2n) is 3.09. The van der Waals surface area contributed by atoms with E-state index in [9.17, 15) is 17.3 Å². The molecule has 0 spiro atoms. The normalized spacial score (nSPS) is 10.1. The van der Waals surface area contributed by atoms with Crippen molar-refractivity contribution in [2.24, 2.45) is 0 Å². The first-order chi connectivity index (χ1) is 7.29. The van der Waals surface area contributed by atoms with Crippen molar-refractivity contribution in [3.63, 3.8) is 0 Å². The number of benzene rings is 1. The number of halogens is 5. The summed E-state index contributed by atoms with van der Waals surface area (Å²) in [6, 6.07) is 10.7. The fraction of sp³-hybridized carbons (Fsp3) is 0.200. The quantitative estimate of drug-likeness (QED) is 0.429. The van der Waals surface area contributed by atoms with E-state index in [2.05, 4.69) is 48.3 Å². The fourth-order valence-electron chi connectivity index (χ4n) is 0.660. The topological polar surface area (TPSA) is 0 Å². The van der Waals surface area contributed by atoms with E-state index in [4.69, 9.17) is 0 Å². The Morgan fingerprint density at radius 2 is 1.50 bits per heavy atom. The van der Waals surface area contributed by atoms with Crippen LogP contribution in [0.4, 0.5) is 17.3 Å². The number of allylic oxidation sites excluding steroid dienone is 1. The van der Waals surface area contributed by atoms with Gasteiger partial charge in [-0.25, -0.2) is 0 Å². The molecule has 90 valence electrons. The highest BCUT2D eigenvalue weighted by Gasteiger charge is 2.20. The minimum atomic E-state index is -6.00. The van der Waals surface area contributed by atoms with Crippen LogP contribution in [0.2, 0.25) is 0 Å². The summed E-state index contributed by atoms with van der Waals surface area (Å²) in [5.41, 5.74) is 1.43. The van der Waals surface area contributed by atoms with E-state index in [-0.39, 0.29) is 21.2 Å². The molecular formula is C10H12BF4I. The first-order valence-electron chi connectivity index (χ1n) is 4.48. The van der Waals surface area contributed by atoms with Crippen molar-refractivity contribution in [2.45, 2.75) is 13.8 Å². The fourth-order valence-corrected chi connectivity index (χ4v) is 2.47. The third-order valence-corrected chi connectivity index (χ3v) is 4.13. The molecule has 0 nitrogen and oxygen atoms in total. The van der Waals surface area contributed by atoms with Gasteiger partial charge in [0.2, 0.25) is 0 Å². The minimum absolute atomic E-state index is 0.124. The third-order valence-electron chi connectivity index (χ3n) is 1.13. The average molecular weight is 346 g/mol. The molecule has 16 heavy (non-hydrogen) atoms. The summed E-state index contributed by atoms with van der Waals surface area (Å²) in [5, 5.41) is 0. The molecule has 0 saturated heterocycles. The summed E-state index contributed by atoms with van der Waals surface area (Å²) in [5.74, 6) is 0. The monoisotopic (exact) mass is 346 g/mol. The molecule has 6 heteroatoms. The standard InChI is InChI=1S/C10H12I.BF4/c1-9(2)8-11-10-6-4-3-5-7-10;2-1(3,4)5/h3-8H,1-2H3;/q+1;-1. The predicted octanol–water partition coefficient (Wildman–Crippen LogP) is 1.17. The van der Waals surface area contributed by atoms with E-state index in [1.54, 1.807) is 0 Å². The van der Waals surface area contributed by atoms with Crippen LogP contribution in [-0.4, -0.2) is 7.25 Å². The van der Waals surface area contributed by atoms with Gasteiger partial charge in [-0.2, -0.15) is 0 Å². The van der Waals surface area contributed by atoms with Crippen LogP contribution in [0.15, 0.2) is 40.0 Å². The minimum Gasteiger partial charge on any atom is -0.418 e. The smallest absolute Gasteiger partial charge is 0.418 e. The summed E-state index contributed by atoms with van der Waals surface area (Å²) in [6.07, 6.45) is 0. The van der Waals surface area contributed by atoms with Crippen molar-refractivity contribution < 1.29 is 38.5 Å². The first-order valence-corrected chi connectivity index (χ1v) is 6.80. The molecule has 0 fully saturated rings. The third kappa shape index (κ3) is 13.5. The molecule has 0 aliphatic carbocycles. The first kappa shape index (κ1) is 15.5. The molecule has 0 aliphatic heterocycles. The van der Waals surface area contributed by atoms with Crippen molar-refractivity contribution >= 4 is 7.25 Å². The lowest BCUT2D eigenvalue weighted by Crippen LogP contribution is -3.59. The van der Waals surface area contributed by atoms with E-state index in [0.717, 1.165) is 0 Å². The van der Waals surface area contributed by atoms with Gasteiger partial charge >= 0.3 is 28.5 Å². The van der Waals surface area contributed by atoms with Crippen LogP contribution in [0.25, 0.3) is 0 Å². The van der Waals surface area contributed by atoms with Crippen LogP contribution < -0.4 is 21.2 Å². The Bertz CT molecular complexity index is 311. The summed E-state index contributed by atoms with van der Waals surface area (Å²) in [7, 11) is -6.00. The SMILES string of the molecule is CC(C)=C[I+]c1ccccc1.F[B-](F)(F)F. The van der Waals surface area contributed by atoms with Crippen molar-refractivity contribution in [2.75, 3.05) is 0 Å². The molecule has 0 atom stereocenters. The van der Waals surface area contributed by atoms with Crippen molar-refractivity contribution in [3.8, 4) is 0 Å². The Morgan fingerprint density at radius 1 is 1.06 bits per heavy atom. The Hall–Kier alpha value is -0.525. The van der Waals surface area contributed by atoms with Crippen molar-refractivity contribution in [3.05, 3.63) is 43.6 Å². The van der Waals surface area contributed by atoms with Crippen LogP contribution in [0.1, 0.15) is 13.8 Å². The van der Waals surface area contributed by atoms with Crippen LogP contribution in [0.5, 0.6) is 0 Å². The van der Waals surface area contributed by atoms with Gasteiger partial charge in [0.05, 0.1) is 0 Å². The van der Waals surface area contributed by atoms with Crippen LogP contribution in [-0.2, 0) is 0 Å². The summed E-state index contributed by atoms with van der Waals surface area (Å²) in [4.78, 5) is 0. The maximum atomic E-state index is 9.75. The Balaban J connectivity index is 0.000000385. The molecule has 1 rings (SSSR count). The maximum Gasteiger partial charge on any atom is 0.673 e. The largest absolute Gasteiger partial charge is 0.673 e. The highest BCUT2D eigenvalue weighted by Crippen LogP contribution is 2.06. The Kier molecular flexibility index (Phi) is 7.45. The van der Waals surface area contributed by atoms with E-state index < -0.39 is 7.25 Å². The van der Waals surface area contributed by atoms with Gasteiger partial charge < -0.3 is 17.3 Å². The van der Waals surface area contributed by atoms with Gasteiger partial charge in [-0.3, -0.25) is 0 Å². The van der Waals surface area contributed by atoms with Gasteiger partial charge in [-0.05, 0) is 31.6 Å². The van der Waals surface area contributed by atoms with Crippen LogP contribution in [0.3, 0.4) is 0 Å². The molecule has 0 N–H and O–H groups in total. The molecule has 0 radical (unpaired) electrons. The van der Waals surface area contributed by atoms with Crippen molar-refractivity contribution in [1.29, 1.82) is 0 Å². The highest BCUT2D eigenvalue weighted by atomic mass is 127. The molecular weight excluding hydrogens is 334 g/mol. The second-order valence-corrected chi connectivity index (χ2v) is 5.58. The average Bonchev–Trinajstić information content (AvgIpc) is 2.14. The lowest BCUT2D eigenvalue weighted by atomic mass is 10.3. The van der Waals surface area contributed by atoms with Gasteiger partial charge in [-0.15, -0.1) is 0 Å². The van der Waals surface area contributed by atoms with Gasteiger partial charge in [0, 0.05) is 0 Å². The van der Waals surface area contributed by atoms with E-state index in [1.165, 1.54) is 9.14 Å². The maximum absolute atomic E-state index is 9.75. The lowest BCUT2D eigenvalue weighted by molar-refractivity contribution is -0.557. The lowest BCUT2D eigenvalue weighted by Gasteiger charge is -1.94. The van der Waals surface area contributed by atoms with Gasteiger partial charge in [-0.1, -0.05) is 18.2 Å². The number of rotatable bonds is 2. The summed E-state index contributed by atoms with van der Waals surface area (Å²) >= 11 is 0.124. The molecule has 0 unspecified atom stereocenters. The van der Waals surface area contributed by atoms with Crippen LogP contribution >= 0.6 is 0 Å². The molecule has 1 aromatic rings. The molecule has 0 bridgehead atoms. The summed E-state index contributed by atoms with van der Waals surface area (Å²) in [6.45, 7) is 4.31. The van der Waals surface area contributed by atoms with Gasteiger partial charge in [0.1, 0.15) is 0 Å². The molecule has 1 aromatic carbocycles. The van der Waals surface area contributed by atoms with Crippen LogP contribution in [0, 0.1) is 3.57 Å². The molecule has 0 saturated carbocycles. The van der Waals surface area contributed by atoms with E-state index in [0.29, 0.717) is 0 Å². The Labute approximate surface area is 103 Å². The van der Waals surface area contributed by atoms with E-state index >= 15 is 0 Å². The molecule has 0 heterocycles. The summed E-state index contributed by atoms with van der Waals surface area (Å²) < 4.78 is 42.8. The molecule has 0 amide bonds. The second kappa shape index (κ2) is 7.70. The number of hydrogen-bond donors (Lipinski definition) is 0. The molecule has 0 aliphatic rings. The van der Waals surface area contributed by atoms with E-state index in [1.807, 2.05) is 0 Å². The molecule has 0 aromatic heterocycles. The van der Waals surface area contributed by atoms with Crippen molar-refractivity contribution in [1.82, 2.24) is 0 Å². The zero-order chi connectivity index (χ0) is 12.6. The van der Waals surface area contributed by atoms with Gasteiger partial charge in [0.25, 0.3) is 0 Å². The van der Waals surface area contributed by atoms with Gasteiger partial charge in [0.15, 0.2) is 7.65 Å². The Morgan fingerprint density at radius 3 is 1.88 bits per heavy atom. The number of hydrogen-bond acceptors (Lipinski definition) is 0. The zero-order valence-corrected chi connectivity index (χ0v) is 11.1.